The predicted octanol–water partition coefficient (Wildman–Crippen LogP) is 2.84. The minimum Gasteiger partial charge on any atom is -0.484 e. The highest BCUT2D eigenvalue weighted by Gasteiger charge is 2.28. The molecule has 0 saturated carbocycles. The van der Waals surface area contributed by atoms with Gasteiger partial charge in [-0.05, 0) is 24.1 Å². The van der Waals surface area contributed by atoms with Gasteiger partial charge in [0.15, 0.2) is 11.8 Å². The fraction of sp³-hybridized carbons (Fsp3) is 0.467. The molecule has 1 aromatic carbocycles. The predicted molar refractivity (Wildman–Crippen MR) is 86.9 cm³/mol. The van der Waals surface area contributed by atoms with E-state index in [4.69, 9.17) is 9.47 Å². The van der Waals surface area contributed by atoms with Crippen LogP contribution >= 0.6 is 11.8 Å². The number of hydrogen-bond donors (Lipinski definition) is 1. The van der Waals surface area contributed by atoms with Crippen LogP contribution in [0.15, 0.2) is 34.2 Å². The summed E-state index contributed by atoms with van der Waals surface area (Å²) < 4.78 is 47.8. The van der Waals surface area contributed by atoms with E-state index in [9.17, 15) is 18.0 Å². The minimum absolute atomic E-state index is 0.148. The molecule has 0 amide bonds. The SMILES string of the molecule is COCCCn1c(SCc2cccc(OCC(F)(F)F)c2)n[nH]c1=O. The number of nitrogens with one attached hydrogen (secondary N) is 1. The Labute approximate surface area is 146 Å². The largest absolute Gasteiger partial charge is 0.484 e. The normalized spacial score (nSPS) is 11.7. The van der Waals surface area contributed by atoms with Crippen LogP contribution in [0.25, 0.3) is 0 Å². The smallest absolute Gasteiger partial charge is 0.422 e. The summed E-state index contributed by atoms with van der Waals surface area (Å²) in [6.07, 6.45) is -3.71. The van der Waals surface area contributed by atoms with E-state index < -0.39 is 12.8 Å². The molecule has 6 nitrogen and oxygen atoms in total. The molecule has 0 aliphatic carbocycles. The maximum atomic E-state index is 12.2. The molecule has 0 aliphatic rings. The van der Waals surface area contributed by atoms with E-state index in [0.717, 1.165) is 5.56 Å². The molecule has 0 spiro atoms. The lowest BCUT2D eigenvalue weighted by molar-refractivity contribution is -0.153. The third-order valence-corrected chi connectivity index (χ3v) is 4.17. The van der Waals surface area contributed by atoms with E-state index in [-0.39, 0.29) is 11.4 Å². The number of H-pyrrole nitrogens is 1. The third-order valence-electron chi connectivity index (χ3n) is 3.12. The number of ether oxygens (including phenoxy) is 2. The first kappa shape index (κ1) is 19.4. The van der Waals surface area contributed by atoms with E-state index in [2.05, 4.69) is 10.2 Å². The average Bonchev–Trinajstić information content (AvgIpc) is 2.91. The number of thioether (sulfide) groups is 1. The van der Waals surface area contributed by atoms with Crippen LogP contribution in [0.5, 0.6) is 5.75 Å². The van der Waals surface area contributed by atoms with Crippen LogP contribution in [-0.2, 0) is 17.0 Å². The second-order valence-electron chi connectivity index (χ2n) is 5.15. The standard InChI is InChI=1S/C15H18F3N3O3S/c1-23-7-3-6-21-13(22)19-20-14(21)25-9-11-4-2-5-12(8-11)24-10-15(16,17)18/h2,4-5,8H,3,6-7,9-10H2,1H3,(H,19,22). The second kappa shape index (κ2) is 8.95. The Balaban J connectivity index is 1.96. The van der Waals surface area contributed by atoms with Gasteiger partial charge in [0.2, 0.25) is 0 Å². The number of benzene rings is 1. The summed E-state index contributed by atoms with van der Waals surface area (Å²) in [5.74, 6) is 0.590. The molecular formula is C15H18F3N3O3S. The van der Waals surface area contributed by atoms with Crippen molar-refractivity contribution in [1.29, 1.82) is 0 Å². The maximum Gasteiger partial charge on any atom is 0.422 e. The van der Waals surface area contributed by atoms with Gasteiger partial charge in [-0.15, -0.1) is 5.10 Å². The molecule has 0 unspecified atom stereocenters. The number of aromatic nitrogens is 3. The Bertz CT molecular complexity index is 731. The lowest BCUT2D eigenvalue weighted by Gasteiger charge is -2.10. The quantitative estimate of drug-likeness (QED) is 0.538. The Morgan fingerprint density at radius 2 is 2.16 bits per heavy atom. The van der Waals surface area contributed by atoms with Crippen LogP contribution in [0.2, 0.25) is 0 Å². The Kier molecular flexibility index (Phi) is 6.94. The van der Waals surface area contributed by atoms with E-state index in [1.165, 1.54) is 22.4 Å². The van der Waals surface area contributed by atoms with Crippen LogP contribution in [0.3, 0.4) is 0 Å². The van der Waals surface area contributed by atoms with Crippen molar-refractivity contribution < 1.29 is 22.6 Å². The third kappa shape index (κ3) is 6.46. The summed E-state index contributed by atoms with van der Waals surface area (Å²) >= 11 is 1.31. The van der Waals surface area contributed by atoms with Gasteiger partial charge in [-0.1, -0.05) is 23.9 Å². The lowest BCUT2D eigenvalue weighted by Crippen LogP contribution is -2.19. The second-order valence-corrected chi connectivity index (χ2v) is 6.09. The minimum atomic E-state index is -4.38. The van der Waals surface area contributed by atoms with Crippen LogP contribution in [0.4, 0.5) is 13.2 Å². The van der Waals surface area contributed by atoms with E-state index in [1.807, 2.05) is 0 Å². The van der Waals surface area contributed by atoms with Crippen molar-refractivity contribution in [2.75, 3.05) is 20.3 Å². The molecule has 2 rings (SSSR count). The molecule has 0 atom stereocenters. The molecule has 0 bridgehead atoms. The molecule has 1 aromatic heterocycles. The van der Waals surface area contributed by atoms with E-state index in [1.54, 1.807) is 25.3 Å². The number of nitrogens with zero attached hydrogens (tertiary/aromatic N) is 2. The van der Waals surface area contributed by atoms with Gasteiger partial charge in [-0.25, -0.2) is 9.89 Å². The van der Waals surface area contributed by atoms with Crippen molar-refractivity contribution in [3.63, 3.8) is 0 Å². The first-order chi connectivity index (χ1) is 11.9. The first-order valence-electron chi connectivity index (χ1n) is 7.44. The number of hydrogen-bond acceptors (Lipinski definition) is 5. The summed E-state index contributed by atoms with van der Waals surface area (Å²) in [4.78, 5) is 11.7. The van der Waals surface area contributed by atoms with Crippen molar-refractivity contribution in [2.24, 2.45) is 0 Å². The van der Waals surface area contributed by atoms with Gasteiger partial charge in [-0.3, -0.25) is 4.57 Å². The van der Waals surface area contributed by atoms with Crippen molar-refractivity contribution in [2.45, 2.75) is 30.1 Å². The summed E-state index contributed by atoms with van der Waals surface area (Å²) in [7, 11) is 1.58. The summed E-state index contributed by atoms with van der Waals surface area (Å²) in [5, 5.41) is 6.88. The zero-order valence-corrected chi connectivity index (χ0v) is 14.3. The van der Waals surface area contributed by atoms with Crippen LogP contribution in [0, 0.1) is 0 Å². The number of alkyl halides is 3. The molecule has 0 radical (unpaired) electrons. The maximum absolute atomic E-state index is 12.2. The van der Waals surface area contributed by atoms with Crippen molar-refractivity contribution in [1.82, 2.24) is 14.8 Å². The number of methoxy groups -OCH3 is 1. The van der Waals surface area contributed by atoms with Gasteiger partial charge in [-0.2, -0.15) is 13.2 Å². The fourth-order valence-electron chi connectivity index (χ4n) is 2.02. The Hall–Kier alpha value is -1.94. The highest BCUT2D eigenvalue weighted by molar-refractivity contribution is 7.98. The van der Waals surface area contributed by atoms with Gasteiger partial charge in [0, 0.05) is 26.0 Å². The van der Waals surface area contributed by atoms with Crippen molar-refractivity contribution in [3.05, 3.63) is 40.3 Å². The molecule has 0 aliphatic heterocycles. The highest BCUT2D eigenvalue weighted by Crippen LogP contribution is 2.24. The summed E-state index contributed by atoms with van der Waals surface area (Å²) in [6.45, 7) is -0.331. The number of rotatable bonds is 9. The molecule has 138 valence electrons. The topological polar surface area (TPSA) is 69.1 Å². The van der Waals surface area contributed by atoms with Gasteiger partial charge < -0.3 is 9.47 Å². The molecule has 25 heavy (non-hydrogen) atoms. The van der Waals surface area contributed by atoms with Gasteiger partial charge in [0.1, 0.15) is 5.75 Å². The summed E-state index contributed by atoms with van der Waals surface area (Å²) in [6, 6.07) is 6.40. The van der Waals surface area contributed by atoms with E-state index in [0.29, 0.717) is 30.5 Å². The van der Waals surface area contributed by atoms with Crippen LogP contribution in [0.1, 0.15) is 12.0 Å². The zero-order valence-electron chi connectivity index (χ0n) is 13.5. The van der Waals surface area contributed by atoms with Gasteiger partial charge >= 0.3 is 11.9 Å². The molecule has 10 heteroatoms. The molecule has 0 fully saturated rings. The average molecular weight is 377 g/mol. The summed E-state index contributed by atoms with van der Waals surface area (Å²) in [5.41, 5.74) is 0.462. The number of aromatic amines is 1. The Morgan fingerprint density at radius 3 is 2.88 bits per heavy atom. The molecule has 1 heterocycles. The molecule has 1 N–H and O–H groups in total. The van der Waals surface area contributed by atoms with Crippen LogP contribution < -0.4 is 10.4 Å². The van der Waals surface area contributed by atoms with Gasteiger partial charge in [0.05, 0.1) is 0 Å². The first-order valence-corrected chi connectivity index (χ1v) is 8.43. The molecular weight excluding hydrogens is 359 g/mol. The fourth-order valence-corrected chi connectivity index (χ4v) is 2.93. The molecule has 0 saturated heterocycles. The van der Waals surface area contributed by atoms with E-state index >= 15 is 0 Å². The molecule has 2 aromatic rings. The van der Waals surface area contributed by atoms with Crippen LogP contribution in [-0.4, -0.2) is 41.3 Å². The monoisotopic (exact) mass is 377 g/mol. The lowest BCUT2D eigenvalue weighted by atomic mass is 10.2. The zero-order chi connectivity index (χ0) is 18.3. The Morgan fingerprint density at radius 1 is 1.36 bits per heavy atom. The van der Waals surface area contributed by atoms with Crippen molar-refractivity contribution >= 4 is 11.8 Å². The van der Waals surface area contributed by atoms with Gasteiger partial charge in [0.25, 0.3) is 0 Å². The number of halogens is 3. The van der Waals surface area contributed by atoms with Crippen molar-refractivity contribution in [3.8, 4) is 5.75 Å². The highest BCUT2D eigenvalue weighted by atomic mass is 32.2.